The summed E-state index contributed by atoms with van der Waals surface area (Å²) in [7, 11) is 5.04. The Bertz CT molecular complexity index is 429. The lowest BCUT2D eigenvalue weighted by molar-refractivity contribution is 0.403. The molecule has 92 valence electrons. The number of nitriles is 1. The summed E-state index contributed by atoms with van der Waals surface area (Å²) < 4.78 is 10.4. The van der Waals surface area contributed by atoms with Crippen LogP contribution in [0.2, 0.25) is 5.02 Å². The number of anilines is 1. The van der Waals surface area contributed by atoms with Gasteiger partial charge in [0.2, 0.25) is 0 Å². The van der Waals surface area contributed by atoms with Gasteiger partial charge in [0.05, 0.1) is 37.4 Å². The molecule has 0 heterocycles. The van der Waals surface area contributed by atoms with Crippen molar-refractivity contribution < 1.29 is 9.47 Å². The Labute approximate surface area is 106 Å². The van der Waals surface area contributed by atoms with Gasteiger partial charge in [-0.15, -0.1) is 0 Å². The largest absolute Gasteiger partial charge is 0.495 e. The first-order chi connectivity index (χ1) is 8.13. The van der Waals surface area contributed by atoms with Gasteiger partial charge in [-0.05, 0) is 0 Å². The van der Waals surface area contributed by atoms with Gasteiger partial charge in [0, 0.05) is 25.7 Å². The van der Waals surface area contributed by atoms with Gasteiger partial charge >= 0.3 is 0 Å². The molecule has 5 heteroatoms. The van der Waals surface area contributed by atoms with Crippen LogP contribution in [0.5, 0.6) is 11.5 Å². The summed E-state index contributed by atoms with van der Waals surface area (Å²) in [6.07, 6.45) is 0.449. The van der Waals surface area contributed by atoms with Crippen molar-refractivity contribution in [2.45, 2.75) is 6.42 Å². The first-order valence-electron chi connectivity index (χ1n) is 5.13. The van der Waals surface area contributed by atoms with Crippen molar-refractivity contribution in [3.8, 4) is 17.6 Å². The number of rotatable bonds is 5. The molecule has 0 spiro atoms. The average molecular weight is 255 g/mol. The molecule has 0 bridgehead atoms. The molecule has 1 rings (SSSR count). The van der Waals surface area contributed by atoms with E-state index in [4.69, 9.17) is 26.3 Å². The Morgan fingerprint density at radius 3 is 2.47 bits per heavy atom. The first-order valence-corrected chi connectivity index (χ1v) is 5.51. The normalized spacial score (nSPS) is 9.59. The topological polar surface area (TPSA) is 45.5 Å². The minimum absolute atomic E-state index is 0.449. The average Bonchev–Trinajstić information content (AvgIpc) is 2.35. The molecule has 0 aliphatic carbocycles. The summed E-state index contributed by atoms with van der Waals surface area (Å²) in [6.45, 7) is 0.623. The lowest BCUT2D eigenvalue weighted by Gasteiger charge is -2.21. The van der Waals surface area contributed by atoms with Crippen molar-refractivity contribution in [3.05, 3.63) is 17.2 Å². The number of hydrogen-bond donors (Lipinski definition) is 0. The van der Waals surface area contributed by atoms with E-state index in [1.807, 2.05) is 11.9 Å². The molecule has 0 N–H and O–H groups in total. The van der Waals surface area contributed by atoms with E-state index in [2.05, 4.69) is 6.07 Å². The molecule has 4 nitrogen and oxygen atoms in total. The van der Waals surface area contributed by atoms with Gasteiger partial charge in [-0.25, -0.2) is 0 Å². The lowest BCUT2D eigenvalue weighted by atomic mass is 10.2. The Morgan fingerprint density at radius 1 is 1.29 bits per heavy atom. The number of nitrogens with zero attached hydrogens (tertiary/aromatic N) is 2. The van der Waals surface area contributed by atoms with Gasteiger partial charge in [-0.3, -0.25) is 0 Å². The highest BCUT2D eigenvalue weighted by Gasteiger charge is 2.13. The third-order valence-electron chi connectivity index (χ3n) is 2.42. The van der Waals surface area contributed by atoms with Crippen LogP contribution >= 0.6 is 11.6 Å². The first kappa shape index (κ1) is 13.5. The summed E-state index contributed by atoms with van der Waals surface area (Å²) in [5, 5.41) is 9.08. The zero-order chi connectivity index (χ0) is 12.8. The summed E-state index contributed by atoms with van der Waals surface area (Å²) >= 11 is 6.01. The quantitative estimate of drug-likeness (QED) is 0.811. The molecule has 1 aromatic rings. The Morgan fingerprint density at radius 2 is 1.94 bits per heavy atom. The monoisotopic (exact) mass is 254 g/mol. The second kappa shape index (κ2) is 6.21. The van der Waals surface area contributed by atoms with Crippen molar-refractivity contribution in [1.82, 2.24) is 0 Å². The summed E-state index contributed by atoms with van der Waals surface area (Å²) in [6, 6.07) is 5.62. The number of methoxy groups -OCH3 is 2. The van der Waals surface area contributed by atoms with Crippen LogP contribution in [0.25, 0.3) is 0 Å². The maximum absolute atomic E-state index is 8.58. The van der Waals surface area contributed by atoms with Crippen LogP contribution in [-0.4, -0.2) is 27.8 Å². The molecular weight excluding hydrogens is 240 g/mol. The van der Waals surface area contributed by atoms with Crippen LogP contribution in [-0.2, 0) is 0 Å². The smallest absolute Gasteiger partial charge is 0.143 e. The van der Waals surface area contributed by atoms with E-state index in [1.165, 1.54) is 0 Å². The second-order valence-electron chi connectivity index (χ2n) is 3.49. The number of hydrogen-bond acceptors (Lipinski definition) is 4. The summed E-state index contributed by atoms with van der Waals surface area (Å²) in [5.41, 5.74) is 0.851. The van der Waals surface area contributed by atoms with Gasteiger partial charge in [-0.2, -0.15) is 5.26 Å². The standard InChI is InChI=1S/C12H15ClN2O2/c1-15(6-4-5-14)10-8-11(16-2)9(13)7-12(10)17-3/h7-8H,4,6H2,1-3H3. The minimum atomic E-state index is 0.449. The van der Waals surface area contributed by atoms with Gasteiger partial charge in [0.15, 0.2) is 0 Å². The Kier molecular flexibility index (Phi) is 4.92. The van der Waals surface area contributed by atoms with Crippen molar-refractivity contribution in [1.29, 1.82) is 5.26 Å². The predicted octanol–water partition coefficient (Wildman–Crippen LogP) is 2.71. The molecule has 0 atom stereocenters. The molecule has 0 aromatic heterocycles. The number of benzene rings is 1. The van der Waals surface area contributed by atoms with E-state index in [-0.39, 0.29) is 0 Å². The fourth-order valence-electron chi connectivity index (χ4n) is 1.48. The molecule has 0 saturated carbocycles. The van der Waals surface area contributed by atoms with Gasteiger partial charge in [0.1, 0.15) is 11.5 Å². The van der Waals surface area contributed by atoms with Crippen molar-refractivity contribution >= 4 is 17.3 Å². The van der Waals surface area contributed by atoms with E-state index < -0.39 is 0 Å². The third-order valence-corrected chi connectivity index (χ3v) is 2.72. The highest BCUT2D eigenvalue weighted by molar-refractivity contribution is 6.32. The van der Waals surface area contributed by atoms with Crippen LogP contribution in [0.3, 0.4) is 0 Å². The molecule has 1 aromatic carbocycles. The van der Waals surface area contributed by atoms with Crippen LogP contribution in [0.15, 0.2) is 12.1 Å². The number of halogens is 1. The zero-order valence-corrected chi connectivity index (χ0v) is 10.9. The minimum Gasteiger partial charge on any atom is -0.495 e. The summed E-state index contributed by atoms with van der Waals surface area (Å²) in [4.78, 5) is 1.93. The van der Waals surface area contributed by atoms with Gasteiger partial charge in [0.25, 0.3) is 0 Å². The molecule has 0 unspecified atom stereocenters. The Balaban J connectivity index is 3.07. The van der Waals surface area contributed by atoms with Crippen LogP contribution in [0.4, 0.5) is 5.69 Å². The van der Waals surface area contributed by atoms with Crippen LogP contribution < -0.4 is 14.4 Å². The van der Waals surface area contributed by atoms with Crippen LogP contribution in [0.1, 0.15) is 6.42 Å². The number of ether oxygens (including phenoxy) is 2. The molecule has 17 heavy (non-hydrogen) atoms. The maximum Gasteiger partial charge on any atom is 0.143 e. The Hall–Kier alpha value is -1.60. The zero-order valence-electron chi connectivity index (χ0n) is 10.2. The fraction of sp³-hybridized carbons (Fsp3) is 0.417. The SMILES string of the molecule is COc1cc(N(C)CCC#N)c(OC)cc1Cl. The molecule has 0 aliphatic heterocycles. The highest BCUT2D eigenvalue weighted by Crippen LogP contribution is 2.37. The van der Waals surface area contributed by atoms with Crippen LogP contribution in [0, 0.1) is 11.3 Å². The molecule has 0 saturated heterocycles. The highest BCUT2D eigenvalue weighted by atomic mass is 35.5. The maximum atomic E-state index is 8.58. The van der Waals surface area contributed by atoms with Gasteiger partial charge in [-0.1, -0.05) is 11.6 Å². The molecule has 0 radical (unpaired) electrons. The van der Waals surface area contributed by atoms with Gasteiger partial charge < -0.3 is 14.4 Å². The predicted molar refractivity (Wildman–Crippen MR) is 68.1 cm³/mol. The lowest BCUT2D eigenvalue weighted by Crippen LogP contribution is -2.18. The van der Waals surface area contributed by atoms with E-state index in [1.54, 1.807) is 26.4 Å². The molecule has 0 amide bonds. The van der Waals surface area contributed by atoms with E-state index >= 15 is 0 Å². The third kappa shape index (κ3) is 3.18. The van der Waals surface area contributed by atoms with Crippen molar-refractivity contribution in [3.63, 3.8) is 0 Å². The molecular formula is C12H15ClN2O2. The van der Waals surface area contributed by atoms with E-state index in [0.717, 1.165) is 5.69 Å². The van der Waals surface area contributed by atoms with E-state index in [9.17, 15) is 0 Å². The van der Waals surface area contributed by atoms with Crippen molar-refractivity contribution in [2.24, 2.45) is 0 Å². The second-order valence-corrected chi connectivity index (χ2v) is 3.90. The molecule has 0 fully saturated rings. The van der Waals surface area contributed by atoms with E-state index in [0.29, 0.717) is 29.5 Å². The summed E-state index contributed by atoms with van der Waals surface area (Å²) in [5.74, 6) is 1.25. The molecule has 0 aliphatic rings. The van der Waals surface area contributed by atoms with Crippen molar-refractivity contribution in [2.75, 3.05) is 32.7 Å². The fourth-order valence-corrected chi connectivity index (χ4v) is 1.71.